The van der Waals surface area contributed by atoms with Crippen molar-refractivity contribution in [2.75, 3.05) is 16.0 Å². The van der Waals surface area contributed by atoms with E-state index in [2.05, 4.69) is 15.1 Å². The molecule has 2 aromatic rings. The van der Waals surface area contributed by atoms with Crippen molar-refractivity contribution in [3.8, 4) is 0 Å². The molecule has 0 bridgehead atoms. The molecule has 0 saturated carbocycles. The fourth-order valence-corrected chi connectivity index (χ4v) is 3.83. The summed E-state index contributed by atoms with van der Waals surface area (Å²) in [6, 6.07) is 9.50. The van der Waals surface area contributed by atoms with E-state index in [1.165, 1.54) is 29.3 Å². The van der Waals surface area contributed by atoms with Crippen LogP contribution in [0, 0.1) is 0 Å². The number of rotatable bonds is 6. The van der Waals surface area contributed by atoms with Crippen molar-refractivity contribution < 1.29 is 33.0 Å². The summed E-state index contributed by atoms with van der Waals surface area (Å²) < 4.78 is 24.4. The topological polar surface area (TPSA) is 165 Å². The average Bonchev–Trinajstić information content (AvgIpc) is 2.95. The monoisotopic (exact) mass is 558 g/mol. The van der Waals surface area contributed by atoms with Gasteiger partial charge in [-0.1, -0.05) is 28.7 Å². The molecule has 1 atom stereocenters. The fourth-order valence-electron chi connectivity index (χ4n) is 2.71. The van der Waals surface area contributed by atoms with E-state index in [9.17, 15) is 33.0 Å². The molecular formula is C18H15IN4O7S. The number of carboxylic acid groups (broad SMARTS) is 2. The molecule has 1 aliphatic heterocycles. The van der Waals surface area contributed by atoms with Gasteiger partial charge in [0.2, 0.25) is 10.0 Å². The lowest BCUT2D eigenvalue weighted by Crippen LogP contribution is -2.35. The minimum absolute atomic E-state index is 0.0450. The number of halogens is 1. The lowest BCUT2D eigenvalue weighted by atomic mass is 10.1. The second kappa shape index (κ2) is 8.50. The number of hydrogen-bond donors (Lipinski definition) is 4. The van der Waals surface area contributed by atoms with Crippen molar-refractivity contribution in [3.05, 3.63) is 53.6 Å². The molecule has 3 rings (SSSR count). The molecule has 1 saturated heterocycles. The Kier molecular flexibility index (Phi) is 6.17. The molecule has 1 heterocycles. The first kappa shape index (κ1) is 22.5. The predicted octanol–water partition coefficient (Wildman–Crippen LogP) is 1.84. The van der Waals surface area contributed by atoms with Crippen LogP contribution in [0.5, 0.6) is 0 Å². The van der Waals surface area contributed by atoms with Crippen LogP contribution in [0.25, 0.3) is 0 Å². The molecule has 1 aliphatic rings. The van der Waals surface area contributed by atoms with Crippen LogP contribution in [-0.2, 0) is 14.8 Å². The number of aromatic carboxylic acids is 2. The van der Waals surface area contributed by atoms with Crippen LogP contribution >= 0.6 is 22.6 Å². The molecule has 1 unspecified atom stereocenters. The van der Waals surface area contributed by atoms with Gasteiger partial charge in [-0.15, -0.1) is 0 Å². The minimum atomic E-state index is -3.51. The molecule has 0 radical (unpaired) electrons. The first-order chi connectivity index (χ1) is 14.4. The van der Waals surface area contributed by atoms with Crippen molar-refractivity contribution in [2.24, 2.45) is 4.99 Å². The highest BCUT2D eigenvalue weighted by Crippen LogP contribution is 2.27. The number of benzene rings is 2. The first-order valence-electron chi connectivity index (χ1n) is 8.47. The van der Waals surface area contributed by atoms with Crippen molar-refractivity contribution in [2.45, 2.75) is 3.92 Å². The number of nitrogens with one attached hydrogen (secondary N) is 2. The molecule has 31 heavy (non-hydrogen) atoms. The molecule has 1 fully saturated rings. The van der Waals surface area contributed by atoms with E-state index >= 15 is 0 Å². The summed E-state index contributed by atoms with van der Waals surface area (Å²) in [6.45, 7) is 0. The Balaban J connectivity index is 1.95. The Hall–Kier alpha value is -3.20. The lowest BCUT2D eigenvalue weighted by Gasteiger charge is -2.17. The standard InChI is InChI=1S/C18H15IN4O7S/c1-31(29,30)22-11-3-2-4-13(8-11)23-16(24)14(19)15(21-23)20-12-6-9(17(25)26)5-10(7-12)18(27)28/h2-8,14,22H,1H3,(H,20,21)(H,25,26)(H,27,28). The van der Waals surface area contributed by atoms with Crippen LogP contribution in [0.3, 0.4) is 0 Å². The highest BCUT2D eigenvalue weighted by molar-refractivity contribution is 14.1. The van der Waals surface area contributed by atoms with Crippen molar-refractivity contribution in [1.29, 1.82) is 0 Å². The van der Waals surface area contributed by atoms with E-state index in [-0.39, 0.29) is 28.3 Å². The van der Waals surface area contributed by atoms with Crippen LogP contribution in [0.1, 0.15) is 20.7 Å². The summed E-state index contributed by atoms with van der Waals surface area (Å²) in [5.41, 5.74) is 2.92. The second-order valence-corrected chi connectivity index (χ2v) is 9.44. The summed E-state index contributed by atoms with van der Waals surface area (Å²) >= 11 is 1.84. The molecule has 11 nitrogen and oxygen atoms in total. The summed E-state index contributed by atoms with van der Waals surface area (Å²) in [6.07, 6.45) is 1.00. The van der Waals surface area contributed by atoms with E-state index in [1.54, 1.807) is 12.1 Å². The largest absolute Gasteiger partial charge is 0.478 e. The smallest absolute Gasteiger partial charge is 0.335 e. The normalized spacial score (nSPS) is 17.5. The Morgan fingerprint density at radius 3 is 2.29 bits per heavy atom. The number of hydrogen-bond acceptors (Lipinski definition) is 6. The molecule has 0 aliphatic carbocycles. The number of nitrogens with zero attached hydrogens (tertiary/aromatic N) is 2. The number of carboxylic acids is 2. The zero-order valence-electron chi connectivity index (χ0n) is 15.7. The van der Waals surface area contributed by atoms with Crippen LogP contribution in [0.15, 0.2) is 47.5 Å². The van der Waals surface area contributed by atoms with Gasteiger partial charge in [-0.25, -0.2) is 28.0 Å². The zero-order chi connectivity index (χ0) is 22.9. The van der Waals surface area contributed by atoms with Gasteiger partial charge in [-0.3, -0.25) is 14.9 Å². The van der Waals surface area contributed by atoms with Gasteiger partial charge >= 0.3 is 11.9 Å². The Morgan fingerprint density at radius 1 is 1.13 bits per heavy atom. The van der Waals surface area contributed by atoms with E-state index < -0.39 is 31.8 Å². The number of carbonyl (C=O) groups is 3. The van der Waals surface area contributed by atoms with Gasteiger partial charge in [0.25, 0.3) is 5.91 Å². The van der Waals surface area contributed by atoms with Gasteiger partial charge in [0.05, 0.1) is 34.4 Å². The third-order valence-corrected chi connectivity index (χ3v) is 5.70. The summed E-state index contributed by atoms with van der Waals surface area (Å²) in [7, 11) is -3.51. The van der Waals surface area contributed by atoms with E-state index in [0.717, 1.165) is 12.3 Å². The van der Waals surface area contributed by atoms with E-state index in [4.69, 9.17) is 0 Å². The summed E-state index contributed by atoms with van der Waals surface area (Å²) in [5, 5.41) is 19.6. The van der Waals surface area contributed by atoms with Crippen LogP contribution in [0.2, 0.25) is 0 Å². The molecule has 2 aromatic carbocycles. The zero-order valence-corrected chi connectivity index (χ0v) is 18.7. The van der Waals surface area contributed by atoms with Gasteiger partial charge in [0.15, 0.2) is 3.92 Å². The molecule has 13 heteroatoms. The highest BCUT2D eigenvalue weighted by atomic mass is 127. The number of sulfonamides is 1. The van der Waals surface area contributed by atoms with Gasteiger partial charge in [-0.2, -0.15) is 0 Å². The number of anilines is 2. The number of amides is 1. The molecule has 1 amide bonds. The van der Waals surface area contributed by atoms with Crippen LogP contribution in [0.4, 0.5) is 17.1 Å². The number of alkyl halides is 1. The van der Waals surface area contributed by atoms with Gasteiger partial charge in [-0.05, 0) is 36.4 Å². The summed E-state index contributed by atoms with van der Waals surface area (Å²) in [4.78, 5) is 39.5. The lowest BCUT2D eigenvalue weighted by molar-refractivity contribution is -0.116. The van der Waals surface area contributed by atoms with Crippen molar-refractivity contribution in [3.63, 3.8) is 0 Å². The average molecular weight is 558 g/mol. The third kappa shape index (κ3) is 5.29. The highest BCUT2D eigenvalue weighted by Gasteiger charge is 2.36. The van der Waals surface area contributed by atoms with E-state index in [1.807, 2.05) is 22.6 Å². The van der Waals surface area contributed by atoms with Crippen molar-refractivity contribution >= 4 is 73.4 Å². The quantitative estimate of drug-likeness (QED) is 0.308. The number of carbonyl (C=O) groups excluding carboxylic acids is 1. The molecule has 0 spiro atoms. The molecule has 4 N–H and O–H groups in total. The Labute approximate surface area is 189 Å². The second-order valence-electron chi connectivity index (χ2n) is 6.45. The maximum absolute atomic E-state index is 12.7. The minimum Gasteiger partial charge on any atom is -0.478 e. The van der Waals surface area contributed by atoms with Crippen molar-refractivity contribution in [1.82, 2.24) is 5.43 Å². The Morgan fingerprint density at radius 2 is 1.74 bits per heavy atom. The number of hydrazine groups is 1. The van der Waals surface area contributed by atoms with Gasteiger partial charge in [0, 0.05) is 0 Å². The fraction of sp³-hybridized carbons (Fsp3) is 0.111. The molecule has 162 valence electrons. The Bertz CT molecular complexity index is 1200. The first-order valence-corrected chi connectivity index (χ1v) is 11.6. The third-order valence-electron chi connectivity index (χ3n) is 3.97. The molecular weight excluding hydrogens is 543 g/mol. The maximum Gasteiger partial charge on any atom is 0.335 e. The maximum atomic E-state index is 12.7. The predicted molar refractivity (Wildman–Crippen MR) is 121 cm³/mol. The number of amidine groups is 1. The van der Waals surface area contributed by atoms with Crippen LogP contribution < -0.4 is 15.2 Å². The van der Waals surface area contributed by atoms with E-state index in [0.29, 0.717) is 5.69 Å². The van der Waals surface area contributed by atoms with Gasteiger partial charge < -0.3 is 10.2 Å². The molecule has 0 aromatic heterocycles. The SMILES string of the molecule is CS(=O)(=O)Nc1cccc(N2NC(=Nc3cc(C(=O)O)cc(C(=O)O)c3)C(I)C2=O)c1. The van der Waals surface area contributed by atoms with Crippen LogP contribution in [-0.4, -0.2) is 52.5 Å². The summed E-state index contributed by atoms with van der Waals surface area (Å²) in [5.74, 6) is -2.87. The number of aliphatic imine (C=N–C) groups is 1. The van der Waals surface area contributed by atoms with Gasteiger partial charge in [0.1, 0.15) is 5.84 Å².